The number of hydrogen-bond donors (Lipinski definition) is 2. The lowest BCUT2D eigenvalue weighted by atomic mass is 9.84. The average molecular weight is 388 g/mol. The fourth-order valence-electron chi connectivity index (χ4n) is 3.47. The zero-order chi connectivity index (χ0) is 20.6. The van der Waals surface area contributed by atoms with Crippen molar-refractivity contribution >= 4 is 11.8 Å². The quantitative estimate of drug-likeness (QED) is 0.622. The maximum absolute atomic E-state index is 13.0. The molecule has 0 unspecified atom stereocenters. The van der Waals surface area contributed by atoms with Gasteiger partial charge >= 0.3 is 0 Å². The van der Waals surface area contributed by atoms with E-state index < -0.39 is 29.9 Å². The zero-order valence-electron chi connectivity index (χ0n) is 16.2. The molecule has 0 saturated carbocycles. The van der Waals surface area contributed by atoms with E-state index in [9.17, 15) is 9.59 Å². The van der Waals surface area contributed by atoms with Gasteiger partial charge in [0.2, 0.25) is 5.91 Å². The smallest absolute Gasteiger partial charge is 0.254 e. The third-order valence-electron chi connectivity index (χ3n) is 4.83. The summed E-state index contributed by atoms with van der Waals surface area (Å²) in [7, 11) is 1.46. The number of nitrogens with two attached hydrogens (primary N) is 1. The molecule has 0 aliphatic heterocycles. The number of ether oxygens (including phenoxy) is 1. The first-order valence-electron chi connectivity index (χ1n) is 9.39. The second kappa shape index (κ2) is 9.66. The third kappa shape index (κ3) is 4.89. The van der Waals surface area contributed by atoms with Gasteiger partial charge in [0.1, 0.15) is 6.04 Å². The predicted octanol–water partition coefficient (Wildman–Crippen LogP) is 3.18. The first kappa shape index (κ1) is 20.3. The Labute approximate surface area is 170 Å². The maximum Gasteiger partial charge on any atom is 0.254 e. The molecule has 0 fully saturated rings. The molecule has 0 aliphatic carbocycles. The van der Waals surface area contributed by atoms with Crippen molar-refractivity contribution in [2.45, 2.75) is 18.1 Å². The van der Waals surface area contributed by atoms with Gasteiger partial charge < -0.3 is 15.8 Å². The van der Waals surface area contributed by atoms with E-state index in [0.717, 1.165) is 11.1 Å². The van der Waals surface area contributed by atoms with E-state index in [0.29, 0.717) is 5.56 Å². The van der Waals surface area contributed by atoms with Crippen LogP contribution >= 0.6 is 0 Å². The summed E-state index contributed by atoms with van der Waals surface area (Å²) < 4.78 is 5.41. The van der Waals surface area contributed by atoms with E-state index in [4.69, 9.17) is 10.5 Å². The minimum absolute atomic E-state index is 0.417. The van der Waals surface area contributed by atoms with Gasteiger partial charge in [-0.3, -0.25) is 9.59 Å². The molecule has 3 aromatic carbocycles. The molecule has 0 aliphatic rings. The molecule has 0 radical (unpaired) electrons. The monoisotopic (exact) mass is 388 g/mol. The van der Waals surface area contributed by atoms with Crippen LogP contribution in [0.3, 0.4) is 0 Å². The molecule has 0 bridgehead atoms. The first-order valence-corrected chi connectivity index (χ1v) is 9.39. The molecule has 2 atom stereocenters. The molecule has 29 heavy (non-hydrogen) atoms. The van der Waals surface area contributed by atoms with Crippen molar-refractivity contribution in [1.82, 2.24) is 5.32 Å². The maximum atomic E-state index is 13.0. The molecule has 0 spiro atoms. The summed E-state index contributed by atoms with van der Waals surface area (Å²) in [5.74, 6) is -1.45. The van der Waals surface area contributed by atoms with Crippen LogP contribution in [0.2, 0.25) is 0 Å². The minimum atomic E-state index is -0.936. The Bertz CT molecular complexity index is 891. The lowest BCUT2D eigenvalue weighted by Gasteiger charge is -2.28. The van der Waals surface area contributed by atoms with Gasteiger partial charge in [-0.15, -0.1) is 0 Å². The molecule has 5 nitrogen and oxygen atoms in total. The van der Waals surface area contributed by atoms with Crippen LogP contribution in [0.15, 0.2) is 91.0 Å². The van der Waals surface area contributed by atoms with Gasteiger partial charge in [0, 0.05) is 13.0 Å². The molecule has 0 aromatic heterocycles. The summed E-state index contributed by atoms with van der Waals surface area (Å²) in [6.07, 6.45) is -0.842. The molecule has 148 valence electrons. The van der Waals surface area contributed by atoms with Crippen molar-refractivity contribution in [2.24, 2.45) is 5.73 Å². The molecule has 3 N–H and O–H groups in total. The summed E-state index contributed by atoms with van der Waals surface area (Å²) >= 11 is 0. The number of rotatable bonds is 8. The lowest BCUT2D eigenvalue weighted by molar-refractivity contribution is -0.135. The summed E-state index contributed by atoms with van der Waals surface area (Å²) in [6.45, 7) is 0. The number of nitrogens with one attached hydrogen (secondary N) is 1. The Balaban J connectivity index is 1.95. The number of methoxy groups -OCH3 is 1. The molecule has 3 rings (SSSR count). The van der Waals surface area contributed by atoms with Crippen molar-refractivity contribution in [1.29, 1.82) is 0 Å². The number of primary amides is 1. The van der Waals surface area contributed by atoms with Crippen LogP contribution in [-0.2, 0) is 14.3 Å². The Hall–Kier alpha value is -3.44. The minimum Gasteiger partial charge on any atom is -0.368 e. The van der Waals surface area contributed by atoms with Crippen molar-refractivity contribution in [3.8, 4) is 0 Å². The van der Waals surface area contributed by atoms with E-state index in [2.05, 4.69) is 5.32 Å². The van der Waals surface area contributed by atoms with Crippen LogP contribution < -0.4 is 11.1 Å². The third-order valence-corrected chi connectivity index (χ3v) is 4.83. The highest BCUT2D eigenvalue weighted by Crippen LogP contribution is 2.29. The van der Waals surface area contributed by atoms with E-state index in [-0.39, 0.29) is 0 Å². The van der Waals surface area contributed by atoms with Crippen molar-refractivity contribution in [3.05, 3.63) is 108 Å². The number of benzene rings is 3. The Morgan fingerprint density at radius 2 is 1.17 bits per heavy atom. The Morgan fingerprint density at radius 3 is 1.55 bits per heavy atom. The molecule has 0 heterocycles. The van der Waals surface area contributed by atoms with Crippen molar-refractivity contribution in [2.75, 3.05) is 7.11 Å². The largest absolute Gasteiger partial charge is 0.368 e. The highest BCUT2D eigenvalue weighted by molar-refractivity contribution is 5.90. The van der Waals surface area contributed by atoms with E-state index >= 15 is 0 Å². The summed E-state index contributed by atoms with van der Waals surface area (Å²) in [4.78, 5) is 25.4. The van der Waals surface area contributed by atoms with Crippen molar-refractivity contribution < 1.29 is 14.3 Å². The number of amides is 2. The summed E-state index contributed by atoms with van der Waals surface area (Å²) in [5, 5.41) is 2.82. The van der Waals surface area contributed by atoms with Gasteiger partial charge in [-0.25, -0.2) is 0 Å². The SMILES string of the molecule is CO[C@H](C(=O)N[C@@H](C(N)=O)C(c1ccccc1)c1ccccc1)c1ccccc1. The predicted molar refractivity (Wildman–Crippen MR) is 112 cm³/mol. The topological polar surface area (TPSA) is 81.4 Å². The van der Waals surface area contributed by atoms with E-state index in [1.807, 2.05) is 78.9 Å². The van der Waals surface area contributed by atoms with Crippen LogP contribution in [0.4, 0.5) is 0 Å². The van der Waals surface area contributed by atoms with Gasteiger partial charge in [-0.2, -0.15) is 0 Å². The highest BCUT2D eigenvalue weighted by atomic mass is 16.5. The van der Waals surface area contributed by atoms with Crippen LogP contribution in [0.25, 0.3) is 0 Å². The second-order valence-electron chi connectivity index (χ2n) is 6.71. The van der Waals surface area contributed by atoms with Crippen LogP contribution in [0.1, 0.15) is 28.7 Å². The average Bonchev–Trinajstić information content (AvgIpc) is 2.76. The van der Waals surface area contributed by atoms with Gasteiger partial charge in [0.05, 0.1) is 0 Å². The highest BCUT2D eigenvalue weighted by Gasteiger charge is 2.33. The Kier molecular flexibility index (Phi) is 6.76. The van der Waals surface area contributed by atoms with Gasteiger partial charge in [0.25, 0.3) is 5.91 Å². The Morgan fingerprint density at radius 1 is 0.759 bits per heavy atom. The first-order chi connectivity index (χ1) is 14.1. The number of carbonyl (C=O) groups is 2. The summed E-state index contributed by atoms with van der Waals surface area (Å²) in [6, 6.07) is 27.3. The van der Waals surface area contributed by atoms with Gasteiger partial charge in [-0.05, 0) is 16.7 Å². The lowest BCUT2D eigenvalue weighted by Crippen LogP contribution is -2.50. The molecule has 3 aromatic rings. The van der Waals surface area contributed by atoms with Gasteiger partial charge in [0.15, 0.2) is 6.10 Å². The number of hydrogen-bond acceptors (Lipinski definition) is 3. The van der Waals surface area contributed by atoms with E-state index in [1.165, 1.54) is 7.11 Å². The summed E-state index contributed by atoms with van der Waals surface area (Å²) in [5.41, 5.74) is 8.22. The molecule has 5 heteroatoms. The second-order valence-corrected chi connectivity index (χ2v) is 6.71. The van der Waals surface area contributed by atoms with Crippen LogP contribution in [-0.4, -0.2) is 25.0 Å². The van der Waals surface area contributed by atoms with Gasteiger partial charge in [-0.1, -0.05) is 91.0 Å². The normalized spacial score (nSPS) is 12.9. The fourth-order valence-corrected chi connectivity index (χ4v) is 3.47. The molecular weight excluding hydrogens is 364 g/mol. The fraction of sp³-hybridized carbons (Fsp3) is 0.167. The molecule has 0 saturated heterocycles. The van der Waals surface area contributed by atoms with Crippen LogP contribution in [0, 0.1) is 0 Å². The number of carbonyl (C=O) groups excluding carboxylic acids is 2. The standard InChI is InChI=1S/C24H24N2O3/c1-29-22(19-15-9-4-10-16-19)24(28)26-21(23(25)27)20(17-11-5-2-6-12-17)18-13-7-3-8-14-18/h2-16,20-22H,1H3,(H2,25,27)(H,26,28)/t21-,22+/m1/s1. The van der Waals surface area contributed by atoms with Crippen LogP contribution in [0.5, 0.6) is 0 Å². The van der Waals surface area contributed by atoms with E-state index in [1.54, 1.807) is 12.1 Å². The molecule has 2 amide bonds. The molecular formula is C24H24N2O3. The zero-order valence-corrected chi connectivity index (χ0v) is 16.2. The van der Waals surface area contributed by atoms with Crippen molar-refractivity contribution in [3.63, 3.8) is 0 Å².